The molecule has 0 heterocycles. The van der Waals surface area contributed by atoms with E-state index in [-0.39, 0.29) is 29.9 Å². The SMILES string of the molecule is C[N+](C)(C)CCOC(=O)c1ccc2cc(Br)ccc2c1.[I-]. The van der Waals surface area contributed by atoms with E-state index in [1.807, 2.05) is 36.4 Å². The van der Waals surface area contributed by atoms with Crippen LogP contribution in [0.4, 0.5) is 0 Å². The molecule has 0 amide bonds. The highest BCUT2D eigenvalue weighted by Gasteiger charge is 2.11. The van der Waals surface area contributed by atoms with Gasteiger partial charge in [-0.25, -0.2) is 4.79 Å². The zero-order valence-corrected chi connectivity index (χ0v) is 16.1. The van der Waals surface area contributed by atoms with Gasteiger partial charge in [0, 0.05) is 4.47 Å². The number of ether oxygens (including phenoxy) is 1. The van der Waals surface area contributed by atoms with Crippen molar-refractivity contribution in [2.75, 3.05) is 34.3 Å². The van der Waals surface area contributed by atoms with E-state index in [0.717, 1.165) is 26.3 Å². The van der Waals surface area contributed by atoms with Crippen molar-refractivity contribution < 1.29 is 38.0 Å². The van der Waals surface area contributed by atoms with Gasteiger partial charge in [0.2, 0.25) is 0 Å². The summed E-state index contributed by atoms with van der Waals surface area (Å²) in [5.74, 6) is -0.261. The molecule has 0 atom stereocenters. The van der Waals surface area contributed by atoms with Gasteiger partial charge in [-0.05, 0) is 35.0 Å². The number of benzene rings is 2. The van der Waals surface area contributed by atoms with Crippen LogP contribution in [0.15, 0.2) is 40.9 Å². The Kier molecular flexibility index (Phi) is 6.62. The number of rotatable bonds is 4. The highest BCUT2D eigenvalue weighted by atomic mass is 127. The average molecular weight is 464 g/mol. The lowest BCUT2D eigenvalue weighted by Crippen LogP contribution is -3.00. The lowest BCUT2D eigenvalue weighted by Gasteiger charge is -2.23. The molecular formula is C16H19BrINO2. The maximum atomic E-state index is 12.0. The summed E-state index contributed by atoms with van der Waals surface area (Å²) < 4.78 is 7.12. The number of nitrogens with zero attached hydrogens (tertiary/aromatic N) is 1. The van der Waals surface area contributed by atoms with Crippen molar-refractivity contribution in [2.24, 2.45) is 0 Å². The van der Waals surface area contributed by atoms with E-state index in [1.165, 1.54) is 0 Å². The molecule has 2 aromatic carbocycles. The fourth-order valence-corrected chi connectivity index (χ4v) is 2.22. The maximum Gasteiger partial charge on any atom is 0.338 e. The molecule has 0 radical (unpaired) electrons. The Morgan fingerprint density at radius 3 is 2.38 bits per heavy atom. The second-order valence-corrected chi connectivity index (χ2v) is 6.77. The molecule has 0 aliphatic heterocycles. The number of likely N-dealkylation sites (N-methyl/N-ethyl adjacent to an activating group) is 1. The number of carbonyl (C=O) groups is 1. The Hall–Kier alpha value is -0.660. The van der Waals surface area contributed by atoms with Crippen LogP contribution in [0.2, 0.25) is 0 Å². The standard InChI is InChI=1S/C16H19BrNO2.HI/c1-18(2,3)8-9-20-16(19)14-5-4-13-11-15(17)7-6-12(13)10-14;/h4-7,10-11H,8-9H2,1-3H3;1H/q+1;/p-1. The molecule has 0 bridgehead atoms. The van der Waals surface area contributed by atoms with E-state index in [0.29, 0.717) is 12.2 Å². The molecule has 0 fully saturated rings. The Morgan fingerprint density at radius 1 is 1.10 bits per heavy atom. The first kappa shape index (κ1) is 18.4. The van der Waals surface area contributed by atoms with Crippen molar-refractivity contribution in [1.82, 2.24) is 0 Å². The van der Waals surface area contributed by atoms with Crippen LogP contribution < -0.4 is 24.0 Å². The minimum absolute atomic E-state index is 0. The monoisotopic (exact) mass is 463 g/mol. The highest BCUT2D eigenvalue weighted by Crippen LogP contribution is 2.21. The third-order valence-corrected chi connectivity index (χ3v) is 3.53. The summed E-state index contributed by atoms with van der Waals surface area (Å²) in [5.41, 5.74) is 0.598. The molecule has 2 rings (SSSR count). The van der Waals surface area contributed by atoms with Crippen LogP contribution in [0.1, 0.15) is 10.4 Å². The Balaban J connectivity index is 0.00000220. The number of hydrogen-bond donors (Lipinski definition) is 0. The van der Waals surface area contributed by atoms with Crippen LogP contribution in [-0.2, 0) is 4.74 Å². The van der Waals surface area contributed by atoms with Gasteiger partial charge >= 0.3 is 5.97 Å². The lowest BCUT2D eigenvalue weighted by molar-refractivity contribution is -0.870. The summed E-state index contributed by atoms with van der Waals surface area (Å²) in [6.45, 7) is 1.23. The average Bonchev–Trinajstić information content (AvgIpc) is 2.36. The molecule has 2 aromatic rings. The minimum Gasteiger partial charge on any atom is -1.00 e. The zero-order valence-electron chi connectivity index (χ0n) is 12.4. The maximum absolute atomic E-state index is 12.0. The molecule has 0 unspecified atom stereocenters. The zero-order chi connectivity index (χ0) is 14.8. The summed E-state index contributed by atoms with van der Waals surface area (Å²) in [7, 11) is 6.21. The van der Waals surface area contributed by atoms with Gasteiger partial charge in [-0.3, -0.25) is 0 Å². The molecular weight excluding hydrogens is 445 g/mol. The molecule has 0 N–H and O–H groups in total. The number of esters is 1. The normalized spacial score (nSPS) is 11.0. The molecule has 21 heavy (non-hydrogen) atoms. The highest BCUT2D eigenvalue weighted by molar-refractivity contribution is 9.10. The third kappa shape index (κ3) is 5.56. The number of halogens is 2. The lowest BCUT2D eigenvalue weighted by atomic mass is 10.1. The summed E-state index contributed by atoms with van der Waals surface area (Å²) in [6, 6.07) is 11.6. The first-order valence-electron chi connectivity index (χ1n) is 6.52. The Labute approximate surface area is 151 Å². The largest absolute Gasteiger partial charge is 1.00 e. The van der Waals surface area contributed by atoms with Gasteiger partial charge in [-0.15, -0.1) is 0 Å². The van der Waals surface area contributed by atoms with Gasteiger partial charge in [-0.1, -0.05) is 28.1 Å². The van der Waals surface area contributed by atoms with Crippen LogP contribution >= 0.6 is 15.9 Å². The second kappa shape index (κ2) is 7.56. The fourth-order valence-electron chi connectivity index (χ4n) is 1.84. The van der Waals surface area contributed by atoms with Crippen molar-refractivity contribution in [3.05, 3.63) is 46.4 Å². The van der Waals surface area contributed by atoms with Crippen LogP contribution in [0.25, 0.3) is 10.8 Å². The molecule has 3 nitrogen and oxygen atoms in total. The van der Waals surface area contributed by atoms with E-state index in [4.69, 9.17) is 4.74 Å². The van der Waals surface area contributed by atoms with Crippen LogP contribution in [0.5, 0.6) is 0 Å². The summed E-state index contributed by atoms with van der Waals surface area (Å²) >= 11 is 3.44. The molecule has 0 saturated carbocycles. The summed E-state index contributed by atoms with van der Waals surface area (Å²) in [5, 5.41) is 2.14. The predicted molar refractivity (Wildman–Crippen MR) is 84.8 cm³/mol. The van der Waals surface area contributed by atoms with Crippen molar-refractivity contribution in [3.63, 3.8) is 0 Å². The van der Waals surface area contributed by atoms with Gasteiger partial charge in [0.25, 0.3) is 0 Å². The van der Waals surface area contributed by atoms with Gasteiger partial charge < -0.3 is 33.2 Å². The van der Waals surface area contributed by atoms with Gasteiger partial charge in [0.05, 0.1) is 26.7 Å². The van der Waals surface area contributed by atoms with Crippen molar-refractivity contribution >= 4 is 32.7 Å². The van der Waals surface area contributed by atoms with Crippen LogP contribution in [0, 0.1) is 0 Å². The Bertz CT molecular complexity index is 638. The van der Waals surface area contributed by atoms with Gasteiger partial charge in [-0.2, -0.15) is 0 Å². The second-order valence-electron chi connectivity index (χ2n) is 5.86. The van der Waals surface area contributed by atoms with Crippen LogP contribution in [-0.4, -0.2) is 44.7 Å². The van der Waals surface area contributed by atoms with Crippen molar-refractivity contribution in [3.8, 4) is 0 Å². The van der Waals surface area contributed by atoms with Crippen molar-refractivity contribution in [1.29, 1.82) is 0 Å². The van der Waals surface area contributed by atoms with E-state index < -0.39 is 0 Å². The Morgan fingerprint density at radius 2 is 1.71 bits per heavy atom. The third-order valence-electron chi connectivity index (χ3n) is 3.03. The number of hydrogen-bond acceptors (Lipinski definition) is 2. The number of quaternary nitrogens is 1. The molecule has 5 heteroatoms. The molecule has 0 saturated heterocycles. The number of fused-ring (bicyclic) bond motifs is 1. The molecule has 0 aromatic heterocycles. The molecule has 0 spiro atoms. The number of carbonyl (C=O) groups excluding carboxylic acids is 1. The quantitative estimate of drug-likeness (QED) is 0.374. The van der Waals surface area contributed by atoms with E-state index >= 15 is 0 Å². The van der Waals surface area contributed by atoms with Gasteiger partial charge in [0.15, 0.2) is 0 Å². The minimum atomic E-state index is -0.261. The van der Waals surface area contributed by atoms with Gasteiger partial charge in [0.1, 0.15) is 13.2 Å². The molecule has 114 valence electrons. The predicted octanol–water partition coefficient (Wildman–Crippen LogP) is 0.469. The molecule has 0 aliphatic carbocycles. The first-order chi connectivity index (χ1) is 9.35. The summed E-state index contributed by atoms with van der Waals surface area (Å²) in [6.07, 6.45) is 0. The molecule has 0 aliphatic rings. The van der Waals surface area contributed by atoms with Crippen LogP contribution in [0.3, 0.4) is 0 Å². The van der Waals surface area contributed by atoms with E-state index in [1.54, 1.807) is 0 Å². The summed E-state index contributed by atoms with van der Waals surface area (Å²) in [4.78, 5) is 12.0. The van der Waals surface area contributed by atoms with Crippen molar-refractivity contribution in [2.45, 2.75) is 0 Å². The van der Waals surface area contributed by atoms with E-state index in [2.05, 4.69) is 37.1 Å². The topological polar surface area (TPSA) is 26.3 Å². The fraction of sp³-hybridized carbons (Fsp3) is 0.312. The van der Waals surface area contributed by atoms with E-state index in [9.17, 15) is 4.79 Å². The smallest absolute Gasteiger partial charge is 0.338 e. The first-order valence-corrected chi connectivity index (χ1v) is 7.31.